The van der Waals surface area contributed by atoms with Crippen LogP contribution in [0.15, 0.2) is 23.6 Å². The molecule has 1 N–H and O–H groups in total. The molecule has 4 aliphatic rings. The molecule has 3 saturated carbocycles. The molecule has 0 aromatic carbocycles. The number of hydrogen-bond acceptors (Lipinski definition) is 5. The van der Waals surface area contributed by atoms with Crippen LogP contribution in [-0.2, 0) is 19.1 Å². The number of ketones is 2. The van der Waals surface area contributed by atoms with Gasteiger partial charge in [0.25, 0.3) is 0 Å². The van der Waals surface area contributed by atoms with E-state index in [1.807, 2.05) is 20.8 Å². The van der Waals surface area contributed by atoms with Gasteiger partial charge >= 0.3 is 5.97 Å². The number of Topliss-reactive ketones (excluding diaryl/α,β-unsaturated/α-hetero) is 1. The van der Waals surface area contributed by atoms with Crippen LogP contribution in [-0.4, -0.2) is 45.1 Å². The summed E-state index contributed by atoms with van der Waals surface area (Å²) in [6, 6.07) is 0. The molecular formula is C27H35Cl2FO5. The van der Waals surface area contributed by atoms with E-state index in [1.165, 1.54) is 6.08 Å². The summed E-state index contributed by atoms with van der Waals surface area (Å²) < 4.78 is 21.1. The number of fused-ring (bicyclic) bond motifs is 5. The van der Waals surface area contributed by atoms with Gasteiger partial charge in [0, 0.05) is 23.2 Å². The highest BCUT2D eigenvalue weighted by molar-refractivity contribution is 6.29. The molecule has 194 valence electrons. The van der Waals surface area contributed by atoms with Crippen molar-refractivity contribution in [3.05, 3.63) is 23.6 Å². The van der Waals surface area contributed by atoms with Gasteiger partial charge in [0.15, 0.2) is 17.2 Å². The van der Waals surface area contributed by atoms with Crippen molar-refractivity contribution in [2.45, 2.75) is 89.2 Å². The second-order valence-corrected chi connectivity index (χ2v) is 12.2. The van der Waals surface area contributed by atoms with Crippen LogP contribution in [0.4, 0.5) is 4.39 Å². The van der Waals surface area contributed by atoms with Crippen molar-refractivity contribution in [2.75, 3.05) is 5.88 Å². The third-order valence-electron chi connectivity index (χ3n) is 9.82. The molecule has 0 radical (unpaired) electrons. The summed E-state index contributed by atoms with van der Waals surface area (Å²) in [5, 5.41) is 11.7. The van der Waals surface area contributed by atoms with Gasteiger partial charge in [-0.25, -0.2) is 4.39 Å². The Morgan fingerprint density at radius 1 is 1.29 bits per heavy atom. The first-order chi connectivity index (χ1) is 16.3. The lowest BCUT2D eigenvalue weighted by Gasteiger charge is -2.64. The highest BCUT2D eigenvalue weighted by Crippen LogP contribution is 2.72. The van der Waals surface area contributed by atoms with Gasteiger partial charge in [-0.15, -0.1) is 23.2 Å². The van der Waals surface area contributed by atoms with E-state index in [0.29, 0.717) is 31.3 Å². The predicted molar refractivity (Wildman–Crippen MR) is 132 cm³/mol. The minimum absolute atomic E-state index is 0.0952. The number of esters is 1. The SMILES string of the molecule is CCCCC(=O)O[C@@]1(C(=O)CCl)[C@@H](C)C[C@H]2[C@@H]3CCC4=C(F)C(=O)C=C[C@]4(C)[C@@]3(Cl)[C@@H](O)C[C@@]21C. The van der Waals surface area contributed by atoms with Crippen molar-refractivity contribution >= 4 is 40.7 Å². The Morgan fingerprint density at radius 2 is 1.97 bits per heavy atom. The molecule has 0 heterocycles. The van der Waals surface area contributed by atoms with Crippen molar-refractivity contribution in [3.63, 3.8) is 0 Å². The van der Waals surface area contributed by atoms with Crippen molar-refractivity contribution in [1.29, 1.82) is 0 Å². The minimum Gasteiger partial charge on any atom is -0.450 e. The minimum atomic E-state index is -1.47. The third-order valence-corrected chi connectivity index (χ3v) is 11.0. The van der Waals surface area contributed by atoms with E-state index in [4.69, 9.17) is 27.9 Å². The number of halogens is 3. The van der Waals surface area contributed by atoms with Gasteiger partial charge in [-0.05, 0) is 55.6 Å². The van der Waals surface area contributed by atoms with E-state index in [0.717, 1.165) is 6.42 Å². The van der Waals surface area contributed by atoms with Crippen LogP contribution in [0.25, 0.3) is 0 Å². The van der Waals surface area contributed by atoms with E-state index in [2.05, 4.69) is 0 Å². The molecule has 4 aliphatic carbocycles. The lowest BCUT2D eigenvalue weighted by atomic mass is 9.45. The molecule has 0 amide bonds. The highest BCUT2D eigenvalue weighted by atomic mass is 35.5. The Bertz CT molecular complexity index is 1010. The van der Waals surface area contributed by atoms with Crippen LogP contribution in [0.3, 0.4) is 0 Å². The zero-order chi connectivity index (χ0) is 26.0. The second-order valence-electron chi connectivity index (χ2n) is 11.4. The molecule has 0 aromatic rings. The van der Waals surface area contributed by atoms with Gasteiger partial charge in [-0.2, -0.15) is 0 Å². The standard InChI is InChI=1S/C27H35Cl2FO5/c1-5-6-7-22(34)35-27(21(33)14-28)15(2)12-18-16-8-9-17-23(30)19(31)10-11-24(17,3)26(16,29)20(32)13-25(18,27)4/h10-11,15-16,18,20,32H,5-9,12-14H2,1-4H3/t15-,16-,18-,20-,24-,25-,26-,27+/m0/s1. The van der Waals surface area contributed by atoms with E-state index < -0.39 is 45.0 Å². The number of rotatable bonds is 6. The fourth-order valence-corrected chi connectivity index (χ4v) is 8.84. The summed E-state index contributed by atoms with van der Waals surface area (Å²) in [5.41, 5.74) is -3.09. The lowest BCUT2D eigenvalue weighted by Crippen LogP contribution is -2.69. The Balaban J connectivity index is 1.82. The van der Waals surface area contributed by atoms with Crippen LogP contribution in [0, 0.1) is 28.6 Å². The van der Waals surface area contributed by atoms with Gasteiger partial charge in [-0.1, -0.05) is 40.2 Å². The monoisotopic (exact) mass is 528 g/mol. The zero-order valence-electron chi connectivity index (χ0n) is 20.8. The number of allylic oxidation sites excluding steroid dienone is 4. The third kappa shape index (κ3) is 3.38. The Kier molecular flexibility index (Phi) is 6.86. The second kappa shape index (κ2) is 8.95. The highest BCUT2D eigenvalue weighted by Gasteiger charge is 2.76. The maximum absolute atomic E-state index is 15.0. The maximum Gasteiger partial charge on any atom is 0.306 e. The Hall–Kier alpha value is -1.24. The van der Waals surface area contributed by atoms with Gasteiger partial charge in [0.05, 0.1) is 16.9 Å². The Labute approximate surface area is 216 Å². The summed E-state index contributed by atoms with van der Waals surface area (Å²) in [6.45, 7) is 7.57. The molecule has 8 atom stereocenters. The van der Waals surface area contributed by atoms with E-state index in [1.54, 1.807) is 13.0 Å². The molecule has 8 heteroatoms. The Morgan fingerprint density at radius 3 is 2.60 bits per heavy atom. The van der Waals surface area contributed by atoms with Crippen molar-refractivity contribution in [2.24, 2.45) is 28.6 Å². The van der Waals surface area contributed by atoms with Gasteiger partial charge < -0.3 is 9.84 Å². The summed E-state index contributed by atoms with van der Waals surface area (Å²) >= 11 is 13.5. The number of carbonyl (C=O) groups is 3. The summed E-state index contributed by atoms with van der Waals surface area (Å²) in [6.07, 6.45) is 4.83. The molecule has 0 bridgehead atoms. The van der Waals surface area contributed by atoms with Crippen molar-refractivity contribution in [1.82, 2.24) is 0 Å². The first-order valence-corrected chi connectivity index (χ1v) is 13.6. The number of ether oxygens (including phenoxy) is 1. The van der Waals surface area contributed by atoms with Crippen molar-refractivity contribution < 1.29 is 28.6 Å². The van der Waals surface area contributed by atoms with Crippen LogP contribution >= 0.6 is 23.2 Å². The molecule has 3 fully saturated rings. The first-order valence-electron chi connectivity index (χ1n) is 12.7. The smallest absolute Gasteiger partial charge is 0.306 e. The molecule has 5 nitrogen and oxygen atoms in total. The van der Waals surface area contributed by atoms with Crippen LogP contribution in [0.1, 0.15) is 72.6 Å². The molecule has 0 spiro atoms. The lowest BCUT2D eigenvalue weighted by molar-refractivity contribution is -0.200. The van der Waals surface area contributed by atoms with Crippen LogP contribution in [0.2, 0.25) is 0 Å². The molecule has 0 aliphatic heterocycles. The van der Waals surface area contributed by atoms with E-state index in [9.17, 15) is 23.9 Å². The summed E-state index contributed by atoms with van der Waals surface area (Å²) in [5.74, 6) is -3.35. The number of unbranched alkanes of at least 4 members (excludes halogenated alkanes) is 1. The number of aliphatic hydroxyl groups is 1. The predicted octanol–water partition coefficient (Wildman–Crippen LogP) is 5.45. The first kappa shape index (κ1) is 26.8. The van der Waals surface area contributed by atoms with E-state index in [-0.39, 0.29) is 42.3 Å². The number of hydrogen-bond donors (Lipinski definition) is 1. The fourth-order valence-electron chi connectivity index (χ4n) is 8.13. The van der Waals surface area contributed by atoms with Gasteiger partial charge in [-0.3, -0.25) is 14.4 Å². The quantitative estimate of drug-likeness (QED) is 0.366. The fraction of sp³-hybridized carbons (Fsp3) is 0.741. The van der Waals surface area contributed by atoms with Crippen LogP contribution < -0.4 is 0 Å². The average Bonchev–Trinajstić information content (AvgIpc) is 3.03. The maximum atomic E-state index is 15.0. The molecule has 0 unspecified atom stereocenters. The number of alkyl halides is 2. The number of aliphatic hydroxyl groups excluding tert-OH is 1. The van der Waals surface area contributed by atoms with Gasteiger partial charge in [0.2, 0.25) is 5.78 Å². The molecular weight excluding hydrogens is 494 g/mol. The topological polar surface area (TPSA) is 80.7 Å². The van der Waals surface area contributed by atoms with E-state index >= 15 is 0 Å². The normalized spacial score (nSPS) is 44.5. The molecule has 0 aromatic heterocycles. The summed E-state index contributed by atoms with van der Waals surface area (Å²) in [4.78, 5) is 37.2. The van der Waals surface area contributed by atoms with Crippen LogP contribution in [0.5, 0.6) is 0 Å². The zero-order valence-corrected chi connectivity index (χ0v) is 22.3. The molecule has 4 rings (SSSR count). The molecule has 35 heavy (non-hydrogen) atoms. The molecule has 0 saturated heterocycles. The largest absolute Gasteiger partial charge is 0.450 e. The van der Waals surface area contributed by atoms with Gasteiger partial charge in [0.1, 0.15) is 0 Å². The van der Waals surface area contributed by atoms with Crippen molar-refractivity contribution in [3.8, 4) is 0 Å². The number of carbonyl (C=O) groups excluding carboxylic acids is 3. The summed E-state index contributed by atoms with van der Waals surface area (Å²) in [7, 11) is 0. The average molecular weight is 529 g/mol.